The number of alkyl halides is 3. The molecule has 2 rings (SSSR count). The lowest BCUT2D eigenvalue weighted by molar-refractivity contribution is -0.274. The maximum absolute atomic E-state index is 12.2. The second kappa shape index (κ2) is 11.6. The summed E-state index contributed by atoms with van der Waals surface area (Å²) in [6.07, 6.45) is -1.85. The smallest absolute Gasteiger partial charge is 0.406 e. The molecular formula is C18H27F3IN3O2. The molecule has 0 aromatic heterocycles. The first-order valence-electron chi connectivity index (χ1n) is 8.90. The van der Waals surface area contributed by atoms with E-state index in [1.54, 1.807) is 12.1 Å². The number of aliphatic hydroxyl groups excluding tert-OH is 1. The van der Waals surface area contributed by atoms with Crippen LogP contribution >= 0.6 is 24.0 Å². The standard InChI is InChI=1S/C18H26F3N3O2.HI/c1-2-22-17(24-9-3-4-10-24)23-12-15(13-25)11-14-5-7-16(8-6-14)26-18(19,20)21;/h5-8,15,25H,2-4,9-13H2,1H3,(H,22,23);1H. The highest BCUT2D eigenvalue weighted by Gasteiger charge is 2.31. The molecule has 1 fully saturated rings. The Morgan fingerprint density at radius 3 is 2.41 bits per heavy atom. The molecule has 0 spiro atoms. The van der Waals surface area contributed by atoms with Crippen LogP contribution in [0.1, 0.15) is 25.3 Å². The number of hydrogen-bond acceptors (Lipinski definition) is 3. The Hall–Kier alpha value is -1.23. The zero-order valence-electron chi connectivity index (χ0n) is 15.3. The predicted octanol–water partition coefficient (Wildman–Crippen LogP) is 3.42. The first kappa shape index (κ1) is 23.8. The van der Waals surface area contributed by atoms with E-state index in [0.717, 1.165) is 44.0 Å². The van der Waals surface area contributed by atoms with Crippen molar-refractivity contribution in [2.24, 2.45) is 10.9 Å². The molecule has 9 heteroatoms. The summed E-state index contributed by atoms with van der Waals surface area (Å²) < 4.78 is 40.4. The minimum atomic E-state index is -4.69. The number of ether oxygens (including phenoxy) is 1. The number of benzene rings is 1. The lowest BCUT2D eigenvalue weighted by atomic mass is 10.0. The molecule has 1 aliphatic heterocycles. The molecule has 0 bridgehead atoms. The van der Waals surface area contributed by atoms with Crippen molar-refractivity contribution in [3.63, 3.8) is 0 Å². The number of aliphatic imine (C=N–C) groups is 1. The maximum Gasteiger partial charge on any atom is 0.573 e. The Morgan fingerprint density at radius 2 is 1.89 bits per heavy atom. The third kappa shape index (κ3) is 8.54. The summed E-state index contributed by atoms with van der Waals surface area (Å²) in [5, 5.41) is 12.9. The van der Waals surface area contributed by atoms with Gasteiger partial charge in [-0.05, 0) is 43.9 Å². The highest BCUT2D eigenvalue weighted by Crippen LogP contribution is 2.23. The molecule has 1 aromatic rings. The second-order valence-corrected chi connectivity index (χ2v) is 6.33. The fourth-order valence-electron chi connectivity index (χ4n) is 2.92. The van der Waals surface area contributed by atoms with E-state index in [1.807, 2.05) is 6.92 Å². The number of hydrogen-bond donors (Lipinski definition) is 2. The number of rotatable bonds is 7. The fraction of sp³-hybridized carbons (Fsp3) is 0.611. The van der Waals surface area contributed by atoms with Crippen LogP contribution in [0.25, 0.3) is 0 Å². The van der Waals surface area contributed by atoms with Gasteiger partial charge in [0.1, 0.15) is 5.75 Å². The molecule has 2 N–H and O–H groups in total. The molecule has 1 unspecified atom stereocenters. The first-order valence-corrected chi connectivity index (χ1v) is 8.90. The molecule has 0 aliphatic carbocycles. The molecule has 1 aromatic carbocycles. The third-order valence-electron chi connectivity index (χ3n) is 4.18. The van der Waals surface area contributed by atoms with E-state index in [9.17, 15) is 18.3 Å². The average molecular weight is 501 g/mol. The number of aliphatic hydroxyl groups is 1. The van der Waals surface area contributed by atoms with Crippen LogP contribution in [0.15, 0.2) is 29.3 Å². The van der Waals surface area contributed by atoms with Crippen molar-refractivity contribution in [3.8, 4) is 5.75 Å². The van der Waals surface area contributed by atoms with Crippen LogP contribution in [-0.2, 0) is 6.42 Å². The first-order chi connectivity index (χ1) is 12.4. The Labute approximate surface area is 175 Å². The number of likely N-dealkylation sites (tertiary alicyclic amines) is 1. The molecule has 27 heavy (non-hydrogen) atoms. The molecule has 0 saturated carbocycles. The Bertz CT molecular complexity index is 576. The van der Waals surface area contributed by atoms with Gasteiger partial charge in [0.05, 0.1) is 0 Å². The monoisotopic (exact) mass is 501 g/mol. The van der Waals surface area contributed by atoms with Gasteiger partial charge in [-0.1, -0.05) is 12.1 Å². The molecule has 1 heterocycles. The highest BCUT2D eigenvalue weighted by molar-refractivity contribution is 14.0. The van der Waals surface area contributed by atoms with Crippen molar-refractivity contribution in [2.75, 3.05) is 32.8 Å². The van der Waals surface area contributed by atoms with Gasteiger partial charge in [-0.15, -0.1) is 37.1 Å². The summed E-state index contributed by atoms with van der Waals surface area (Å²) in [6, 6.07) is 5.74. The van der Waals surface area contributed by atoms with E-state index in [1.165, 1.54) is 12.1 Å². The van der Waals surface area contributed by atoms with Crippen molar-refractivity contribution in [2.45, 2.75) is 32.5 Å². The van der Waals surface area contributed by atoms with Gasteiger partial charge in [-0.25, -0.2) is 0 Å². The second-order valence-electron chi connectivity index (χ2n) is 6.33. The van der Waals surface area contributed by atoms with E-state index in [4.69, 9.17) is 0 Å². The summed E-state index contributed by atoms with van der Waals surface area (Å²) in [6.45, 7) is 5.17. The Balaban J connectivity index is 0.00000364. The van der Waals surface area contributed by atoms with Gasteiger partial charge in [0.2, 0.25) is 0 Å². The van der Waals surface area contributed by atoms with E-state index >= 15 is 0 Å². The van der Waals surface area contributed by atoms with E-state index in [-0.39, 0.29) is 42.3 Å². The zero-order valence-corrected chi connectivity index (χ0v) is 17.7. The Kier molecular flexibility index (Phi) is 10.2. The molecule has 0 radical (unpaired) electrons. The molecule has 1 saturated heterocycles. The summed E-state index contributed by atoms with van der Waals surface area (Å²) in [7, 11) is 0. The van der Waals surface area contributed by atoms with Crippen molar-refractivity contribution in [1.29, 1.82) is 0 Å². The third-order valence-corrected chi connectivity index (χ3v) is 4.18. The van der Waals surface area contributed by atoms with Gasteiger partial charge in [0.15, 0.2) is 5.96 Å². The quantitative estimate of drug-likeness (QED) is 0.342. The van der Waals surface area contributed by atoms with Crippen molar-refractivity contribution < 1.29 is 23.0 Å². The van der Waals surface area contributed by atoms with Crippen LogP contribution < -0.4 is 10.1 Å². The van der Waals surface area contributed by atoms with Gasteiger partial charge in [0.25, 0.3) is 0 Å². The van der Waals surface area contributed by atoms with E-state index in [2.05, 4.69) is 19.9 Å². The fourth-order valence-corrected chi connectivity index (χ4v) is 2.92. The molecule has 0 amide bonds. The van der Waals surface area contributed by atoms with Gasteiger partial charge in [-0.3, -0.25) is 4.99 Å². The molecule has 5 nitrogen and oxygen atoms in total. The number of guanidine groups is 1. The van der Waals surface area contributed by atoms with Gasteiger partial charge in [0, 0.05) is 38.7 Å². The highest BCUT2D eigenvalue weighted by atomic mass is 127. The summed E-state index contributed by atoms with van der Waals surface area (Å²) in [5.41, 5.74) is 0.833. The summed E-state index contributed by atoms with van der Waals surface area (Å²) in [5.74, 6) is 0.515. The van der Waals surface area contributed by atoms with Crippen molar-refractivity contribution >= 4 is 29.9 Å². The van der Waals surface area contributed by atoms with Gasteiger partial charge >= 0.3 is 6.36 Å². The van der Waals surface area contributed by atoms with Crippen molar-refractivity contribution in [1.82, 2.24) is 10.2 Å². The lowest BCUT2D eigenvalue weighted by Crippen LogP contribution is -2.40. The minimum absolute atomic E-state index is 0. The summed E-state index contributed by atoms with van der Waals surface area (Å²) >= 11 is 0. The van der Waals surface area contributed by atoms with Crippen LogP contribution in [0.2, 0.25) is 0 Å². The molecule has 154 valence electrons. The van der Waals surface area contributed by atoms with Crippen LogP contribution in [0.4, 0.5) is 13.2 Å². The van der Waals surface area contributed by atoms with E-state index in [0.29, 0.717) is 13.0 Å². The Morgan fingerprint density at radius 1 is 1.26 bits per heavy atom. The normalized spacial score (nSPS) is 16.0. The number of nitrogens with zero attached hydrogens (tertiary/aromatic N) is 2. The van der Waals surface area contributed by atoms with Gasteiger partial charge in [-0.2, -0.15) is 0 Å². The molecule has 1 atom stereocenters. The maximum atomic E-state index is 12.2. The van der Waals surface area contributed by atoms with E-state index < -0.39 is 6.36 Å². The van der Waals surface area contributed by atoms with Crippen molar-refractivity contribution in [3.05, 3.63) is 29.8 Å². The van der Waals surface area contributed by atoms with Crippen LogP contribution in [-0.4, -0.2) is 55.1 Å². The number of nitrogens with one attached hydrogen (secondary N) is 1. The van der Waals surface area contributed by atoms with Gasteiger partial charge < -0.3 is 20.1 Å². The molecular weight excluding hydrogens is 474 g/mol. The number of halogens is 4. The average Bonchev–Trinajstić information content (AvgIpc) is 3.12. The molecule has 1 aliphatic rings. The van der Waals surface area contributed by atoms with Crippen LogP contribution in [0.3, 0.4) is 0 Å². The topological polar surface area (TPSA) is 57.1 Å². The largest absolute Gasteiger partial charge is 0.573 e. The van der Waals surface area contributed by atoms with Crippen LogP contribution in [0.5, 0.6) is 5.75 Å². The predicted molar refractivity (Wildman–Crippen MR) is 110 cm³/mol. The summed E-state index contributed by atoms with van der Waals surface area (Å²) in [4.78, 5) is 6.84. The lowest BCUT2D eigenvalue weighted by Gasteiger charge is -2.22. The minimum Gasteiger partial charge on any atom is -0.406 e. The zero-order chi connectivity index (χ0) is 19.0. The van der Waals surface area contributed by atoms with Crippen LogP contribution in [0, 0.1) is 5.92 Å². The SMILES string of the molecule is CCNC(=NCC(CO)Cc1ccc(OC(F)(F)F)cc1)N1CCCC1.I.